The molecule has 2 atom stereocenters. The Hall–Kier alpha value is -2.48. The van der Waals surface area contributed by atoms with Crippen LogP contribution in [0.5, 0.6) is 0 Å². The van der Waals surface area contributed by atoms with Gasteiger partial charge in [0.25, 0.3) is 10.1 Å². The monoisotopic (exact) mass is 716 g/mol. The van der Waals surface area contributed by atoms with E-state index in [1.165, 1.54) is 70.3 Å². The number of carbonyl (C=O) groups is 1. The molecule has 0 radical (unpaired) electrons. The van der Waals surface area contributed by atoms with E-state index in [0.29, 0.717) is 12.8 Å². The van der Waals surface area contributed by atoms with Crippen molar-refractivity contribution in [3.63, 3.8) is 0 Å². The summed E-state index contributed by atoms with van der Waals surface area (Å²) in [7, 11) is -4.37. The molecule has 0 saturated carbocycles. The lowest BCUT2D eigenvalue weighted by molar-refractivity contribution is -0.122. The Morgan fingerprint density at radius 2 is 0.980 bits per heavy atom. The summed E-state index contributed by atoms with van der Waals surface area (Å²) in [6.07, 6.45) is 52.8. The summed E-state index contributed by atoms with van der Waals surface area (Å²) in [4.78, 5) is 12.5. The van der Waals surface area contributed by atoms with E-state index in [2.05, 4.69) is 92.1 Å². The second-order valence-electron chi connectivity index (χ2n) is 13.2. The van der Waals surface area contributed by atoms with Crippen LogP contribution >= 0.6 is 0 Å². The summed E-state index contributed by atoms with van der Waals surface area (Å²) < 4.78 is 32.4. The van der Waals surface area contributed by atoms with Gasteiger partial charge in [0.05, 0.1) is 17.9 Å². The molecule has 0 saturated heterocycles. The van der Waals surface area contributed by atoms with E-state index < -0.39 is 28.0 Å². The fourth-order valence-corrected chi connectivity index (χ4v) is 6.11. The van der Waals surface area contributed by atoms with Gasteiger partial charge in [0.15, 0.2) is 0 Å². The van der Waals surface area contributed by atoms with Crippen molar-refractivity contribution in [2.75, 3.05) is 5.75 Å². The average Bonchev–Trinajstić information content (AvgIpc) is 3.08. The highest BCUT2D eigenvalue weighted by Crippen LogP contribution is 2.12. The zero-order chi connectivity index (χ0) is 36.8. The van der Waals surface area contributed by atoms with Crippen molar-refractivity contribution in [3.05, 3.63) is 85.1 Å². The van der Waals surface area contributed by atoms with Crippen LogP contribution in [-0.2, 0) is 14.9 Å². The van der Waals surface area contributed by atoms with Gasteiger partial charge in [-0.1, -0.05) is 163 Å². The van der Waals surface area contributed by atoms with Crippen LogP contribution in [0.25, 0.3) is 0 Å². The fourth-order valence-electron chi connectivity index (χ4n) is 5.37. The van der Waals surface area contributed by atoms with Crippen LogP contribution in [0.1, 0.15) is 162 Å². The van der Waals surface area contributed by atoms with Gasteiger partial charge in [0.1, 0.15) is 0 Å². The second kappa shape index (κ2) is 36.3. The van der Waals surface area contributed by atoms with Crippen LogP contribution in [0.4, 0.5) is 0 Å². The Balaban J connectivity index is 4.10. The van der Waals surface area contributed by atoms with Gasteiger partial charge in [-0.25, -0.2) is 0 Å². The quantitative estimate of drug-likeness (QED) is 0.0349. The summed E-state index contributed by atoms with van der Waals surface area (Å²) in [5.41, 5.74) is 0. The Kier molecular flexibility index (Phi) is 34.5. The van der Waals surface area contributed by atoms with Crippen LogP contribution in [0.3, 0.4) is 0 Å². The van der Waals surface area contributed by atoms with Gasteiger partial charge in [-0.3, -0.25) is 9.35 Å². The molecule has 0 aliphatic heterocycles. The number of rotatable bonds is 34. The van der Waals surface area contributed by atoms with Gasteiger partial charge in [0.2, 0.25) is 5.91 Å². The minimum absolute atomic E-state index is 0.244. The maximum absolute atomic E-state index is 12.5. The molecule has 0 fully saturated rings. The number of aliphatic hydroxyl groups is 1. The summed E-state index contributed by atoms with van der Waals surface area (Å²) in [6, 6.07) is -1.10. The maximum atomic E-state index is 12.5. The molecule has 0 rings (SSSR count). The number of aliphatic hydroxyl groups excluding tert-OH is 1. The molecule has 0 aromatic carbocycles. The first kappa shape index (κ1) is 47.5. The van der Waals surface area contributed by atoms with Crippen molar-refractivity contribution in [2.24, 2.45) is 0 Å². The van der Waals surface area contributed by atoms with Crippen LogP contribution in [0.2, 0.25) is 0 Å². The van der Waals surface area contributed by atoms with Gasteiger partial charge in [-0.2, -0.15) is 8.42 Å². The molecule has 6 nitrogen and oxygen atoms in total. The minimum atomic E-state index is -4.37. The number of amides is 1. The third kappa shape index (κ3) is 36.8. The molecule has 0 bridgehead atoms. The normalized spacial score (nSPS) is 14.2. The Morgan fingerprint density at radius 3 is 1.50 bits per heavy atom. The number of nitrogens with one attached hydrogen (secondary N) is 1. The molecule has 0 spiro atoms. The molecule has 0 aromatic rings. The molecule has 0 aromatic heterocycles. The van der Waals surface area contributed by atoms with Crippen molar-refractivity contribution in [3.8, 4) is 0 Å². The molecular formula is C43H73NO5S. The number of hydrogen-bond donors (Lipinski definition) is 3. The third-order valence-electron chi connectivity index (χ3n) is 8.31. The van der Waals surface area contributed by atoms with Crippen molar-refractivity contribution in [2.45, 2.75) is 174 Å². The minimum Gasteiger partial charge on any atom is -0.387 e. The molecule has 1 amide bonds. The van der Waals surface area contributed by atoms with Crippen molar-refractivity contribution >= 4 is 16.0 Å². The van der Waals surface area contributed by atoms with Gasteiger partial charge in [0, 0.05) is 6.42 Å². The van der Waals surface area contributed by atoms with Crippen molar-refractivity contribution < 1.29 is 22.9 Å². The Labute approximate surface area is 307 Å². The van der Waals surface area contributed by atoms with Crippen LogP contribution in [-0.4, -0.2) is 41.9 Å². The standard InChI is InChI=1S/C43H73NO5S/c1-3-5-7-9-11-13-15-17-19-21-22-23-25-27-29-31-33-35-37-39-43(46)44-41(40-50(47,48)49)42(45)38-36-34-32-30-28-26-24-20-18-16-14-12-10-8-6-4-2/h5,7,11,13,17,19,22-23,27-30,36,38,41-42,45H,3-4,6,8-10,12,14-16,18,20-21,24-26,31-35,37,39-40H2,1-2H3,(H,44,46)(H,47,48,49)/b7-5-,13-11-,19-17-,23-22-,29-27-,30-28+,38-36+. The lowest BCUT2D eigenvalue weighted by Crippen LogP contribution is -2.46. The predicted octanol–water partition coefficient (Wildman–Crippen LogP) is 11.6. The maximum Gasteiger partial charge on any atom is 0.267 e. The van der Waals surface area contributed by atoms with E-state index in [1.54, 1.807) is 6.08 Å². The van der Waals surface area contributed by atoms with Gasteiger partial charge in [-0.05, 0) is 77.0 Å². The number of allylic oxidation sites excluding steroid dienone is 13. The first-order valence-electron chi connectivity index (χ1n) is 19.8. The topological polar surface area (TPSA) is 104 Å². The SMILES string of the molecule is CC/C=C\C/C=C\C/C=C\C/C=C\C/C=C\CCCCCC(=O)NC(CS(=O)(=O)O)C(O)/C=C/CC/C=C/CCCCCCCCCCCC. The molecule has 50 heavy (non-hydrogen) atoms. The van der Waals surface area contributed by atoms with E-state index in [9.17, 15) is 22.9 Å². The van der Waals surface area contributed by atoms with E-state index in [-0.39, 0.29) is 12.3 Å². The second-order valence-corrected chi connectivity index (χ2v) is 14.7. The highest BCUT2D eigenvalue weighted by molar-refractivity contribution is 7.85. The highest BCUT2D eigenvalue weighted by atomic mass is 32.2. The summed E-state index contributed by atoms with van der Waals surface area (Å²) in [6.45, 7) is 4.39. The van der Waals surface area contributed by atoms with E-state index in [0.717, 1.165) is 64.2 Å². The Morgan fingerprint density at radius 1 is 0.560 bits per heavy atom. The summed E-state index contributed by atoms with van der Waals surface area (Å²) in [5.74, 6) is -1.05. The molecule has 3 N–H and O–H groups in total. The average molecular weight is 716 g/mol. The number of unbranched alkanes of at least 4 members (excludes halogenated alkanes) is 14. The lowest BCUT2D eigenvalue weighted by atomic mass is 10.1. The summed E-state index contributed by atoms with van der Waals surface area (Å²) >= 11 is 0. The van der Waals surface area contributed by atoms with Crippen LogP contribution in [0, 0.1) is 0 Å². The van der Waals surface area contributed by atoms with Crippen molar-refractivity contribution in [1.82, 2.24) is 5.32 Å². The summed E-state index contributed by atoms with van der Waals surface area (Å²) in [5, 5.41) is 13.2. The van der Waals surface area contributed by atoms with Crippen molar-refractivity contribution in [1.29, 1.82) is 0 Å². The molecule has 2 unspecified atom stereocenters. The van der Waals surface area contributed by atoms with Crippen LogP contribution < -0.4 is 5.32 Å². The highest BCUT2D eigenvalue weighted by Gasteiger charge is 2.24. The molecule has 286 valence electrons. The zero-order valence-corrected chi connectivity index (χ0v) is 32.6. The molecule has 0 aliphatic rings. The van der Waals surface area contributed by atoms with Gasteiger partial charge in [-0.15, -0.1) is 0 Å². The fraction of sp³-hybridized carbons (Fsp3) is 0.651. The molecule has 7 heteroatoms. The van der Waals surface area contributed by atoms with E-state index in [1.807, 2.05) is 0 Å². The van der Waals surface area contributed by atoms with E-state index in [4.69, 9.17) is 0 Å². The molecule has 0 heterocycles. The lowest BCUT2D eigenvalue weighted by Gasteiger charge is -2.21. The Bertz CT molecular complexity index is 1100. The smallest absolute Gasteiger partial charge is 0.267 e. The largest absolute Gasteiger partial charge is 0.387 e. The van der Waals surface area contributed by atoms with Crippen LogP contribution in [0.15, 0.2) is 85.1 Å². The number of carbonyl (C=O) groups excluding carboxylic acids is 1. The first-order chi connectivity index (χ1) is 24.3. The number of hydrogen-bond acceptors (Lipinski definition) is 4. The zero-order valence-electron chi connectivity index (χ0n) is 31.7. The molecule has 0 aliphatic carbocycles. The van der Waals surface area contributed by atoms with E-state index >= 15 is 0 Å². The first-order valence-corrected chi connectivity index (χ1v) is 21.4. The van der Waals surface area contributed by atoms with Gasteiger partial charge >= 0.3 is 0 Å². The third-order valence-corrected chi connectivity index (χ3v) is 9.09. The molecular weight excluding hydrogens is 643 g/mol. The van der Waals surface area contributed by atoms with Gasteiger partial charge < -0.3 is 10.4 Å². The predicted molar refractivity (Wildman–Crippen MR) is 216 cm³/mol.